The van der Waals surface area contributed by atoms with Gasteiger partial charge < -0.3 is 19.5 Å². The highest BCUT2D eigenvalue weighted by molar-refractivity contribution is 14.1. The Morgan fingerprint density at radius 3 is 2.32 bits per heavy atom. The van der Waals surface area contributed by atoms with Gasteiger partial charge in [-0.25, -0.2) is 4.99 Å². The molecule has 8 nitrogen and oxygen atoms in total. The molecule has 0 aliphatic carbocycles. The van der Waals surface area contributed by atoms with Gasteiger partial charge in [0.05, 0.1) is 27.8 Å². The third kappa shape index (κ3) is 3.64. The van der Waals surface area contributed by atoms with Crippen LogP contribution in [0, 0.1) is 0 Å². The summed E-state index contributed by atoms with van der Waals surface area (Å²) in [6.07, 6.45) is 1.41. The molecule has 1 aromatic carbocycles. The largest absolute Gasteiger partial charge is 0.493 e. The van der Waals surface area contributed by atoms with E-state index in [-0.39, 0.29) is 12.3 Å². The monoisotopic (exact) mass is 418 g/mol. The molecule has 0 spiro atoms. The molecule has 1 aromatic rings. The van der Waals surface area contributed by atoms with Crippen LogP contribution >= 0.6 is 22.6 Å². The Balaban J connectivity index is 2.17. The number of azo groups is 1. The van der Waals surface area contributed by atoms with Crippen molar-refractivity contribution in [3.8, 4) is 17.2 Å². The van der Waals surface area contributed by atoms with E-state index in [2.05, 4.69) is 20.5 Å². The first kappa shape index (κ1) is 16.5. The molecule has 1 atom stereocenters. The Morgan fingerprint density at radius 1 is 1.23 bits per heavy atom. The highest BCUT2D eigenvalue weighted by Gasteiger charge is 2.30. The number of carbonyl (C=O) groups excluding carboxylic acids is 1. The van der Waals surface area contributed by atoms with E-state index in [4.69, 9.17) is 14.2 Å². The maximum atomic E-state index is 12.1. The first-order chi connectivity index (χ1) is 10.5. The van der Waals surface area contributed by atoms with Crippen LogP contribution in [0.4, 0.5) is 5.69 Å². The van der Waals surface area contributed by atoms with E-state index >= 15 is 0 Å². The van der Waals surface area contributed by atoms with Crippen LogP contribution in [-0.4, -0.2) is 37.2 Å². The van der Waals surface area contributed by atoms with Crippen LogP contribution in [0.3, 0.4) is 0 Å². The molecule has 0 fully saturated rings. The molecule has 1 heterocycles. The summed E-state index contributed by atoms with van der Waals surface area (Å²) in [7, 11) is 4.54. The van der Waals surface area contributed by atoms with Gasteiger partial charge in [-0.1, -0.05) is 0 Å². The quantitative estimate of drug-likeness (QED) is 0.437. The first-order valence-electron chi connectivity index (χ1n) is 6.26. The van der Waals surface area contributed by atoms with Crippen molar-refractivity contribution < 1.29 is 19.0 Å². The summed E-state index contributed by atoms with van der Waals surface area (Å²) < 4.78 is 14.8. The molecule has 0 saturated carbocycles. The molecule has 118 valence electrons. The van der Waals surface area contributed by atoms with Crippen molar-refractivity contribution >= 4 is 40.5 Å². The van der Waals surface area contributed by atoms with Gasteiger partial charge in [-0.2, -0.15) is 0 Å². The predicted molar refractivity (Wildman–Crippen MR) is 89.4 cm³/mol. The molecule has 1 aliphatic rings. The minimum atomic E-state index is -0.873. The number of benzene rings is 1. The minimum absolute atomic E-state index is 0.0736. The molecule has 22 heavy (non-hydrogen) atoms. The molecular weight excluding hydrogens is 403 g/mol. The molecule has 1 amide bonds. The van der Waals surface area contributed by atoms with E-state index in [0.29, 0.717) is 22.9 Å². The van der Waals surface area contributed by atoms with Crippen molar-refractivity contribution in [1.29, 1.82) is 0 Å². The Labute approximate surface area is 141 Å². The van der Waals surface area contributed by atoms with Gasteiger partial charge in [-0.3, -0.25) is 4.79 Å². The smallest absolute Gasteiger partial charge is 0.231 e. The molecule has 1 aliphatic heterocycles. The highest BCUT2D eigenvalue weighted by Crippen LogP contribution is 2.40. The number of aliphatic imine (C=N–C) groups is 1. The van der Waals surface area contributed by atoms with Crippen LogP contribution in [0.25, 0.3) is 0 Å². The van der Waals surface area contributed by atoms with Crippen LogP contribution in [-0.2, 0) is 4.79 Å². The van der Waals surface area contributed by atoms with E-state index < -0.39 is 3.67 Å². The van der Waals surface area contributed by atoms with Crippen LogP contribution < -0.4 is 19.5 Å². The molecular formula is C13H15IN4O4. The summed E-state index contributed by atoms with van der Waals surface area (Å²) in [5, 5.41) is 10.3. The van der Waals surface area contributed by atoms with E-state index in [1.165, 1.54) is 27.7 Å². The zero-order valence-corrected chi connectivity index (χ0v) is 14.4. The Bertz CT molecular complexity index is 595. The summed E-state index contributed by atoms with van der Waals surface area (Å²) in [5.74, 6) is 1.13. The van der Waals surface area contributed by atoms with E-state index in [1.54, 1.807) is 12.1 Å². The lowest BCUT2D eigenvalue weighted by atomic mass is 10.2. The van der Waals surface area contributed by atoms with Crippen molar-refractivity contribution in [2.24, 2.45) is 15.2 Å². The lowest BCUT2D eigenvalue weighted by Gasteiger charge is -2.16. The Hall–Kier alpha value is -1.91. The van der Waals surface area contributed by atoms with Gasteiger partial charge in [-0.15, -0.1) is 10.2 Å². The number of carbonyl (C=O) groups is 1. The average Bonchev–Trinajstić information content (AvgIpc) is 2.91. The van der Waals surface area contributed by atoms with Crippen molar-refractivity contribution in [3.05, 3.63) is 12.1 Å². The Morgan fingerprint density at radius 2 is 1.86 bits per heavy atom. The number of amides is 1. The first-order valence-corrected chi connectivity index (χ1v) is 7.33. The van der Waals surface area contributed by atoms with E-state index in [9.17, 15) is 4.79 Å². The van der Waals surface area contributed by atoms with Gasteiger partial charge in [0.25, 0.3) is 0 Å². The van der Waals surface area contributed by atoms with Crippen LogP contribution in [0.5, 0.6) is 17.2 Å². The number of halogens is 1. The van der Waals surface area contributed by atoms with Crippen LogP contribution in [0.2, 0.25) is 0 Å². The van der Waals surface area contributed by atoms with Gasteiger partial charge in [-0.05, 0) is 22.6 Å². The fourth-order valence-corrected chi connectivity index (χ4v) is 2.49. The topological polar surface area (TPSA) is 93.9 Å². The van der Waals surface area contributed by atoms with E-state index in [0.717, 1.165) is 0 Å². The normalized spacial score (nSPS) is 19.1. The van der Waals surface area contributed by atoms with Crippen LogP contribution in [0.15, 0.2) is 27.4 Å². The summed E-state index contributed by atoms with van der Waals surface area (Å²) in [5.41, 5.74) is 0.526. The second-order valence-corrected chi connectivity index (χ2v) is 6.05. The lowest BCUT2D eigenvalue weighted by molar-refractivity contribution is -0.116. The number of hydrogen-bond donors (Lipinski definition) is 1. The number of nitrogens with one attached hydrogen (secondary N) is 1. The molecule has 1 N–H and O–H groups in total. The summed E-state index contributed by atoms with van der Waals surface area (Å²) in [4.78, 5) is 16.2. The number of hydrogen-bond acceptors (Lipinski definition) is 7. The summed E-state index contributed by atoms with van der Waals surface area (Å²) in [6.45, 7) is 0. The predicted octanol–water partition coefficient (Wildman–Crippen LogP) is 2.62. The van der Waals surface area contributed by atoms with Gasteiger partial charge in [0.2, 0.25) is 15.3 Å². The molecule has 0 bridgehead atoms. The van der Waals surface area contributed by atoms with Gasteiger partial charge in [0.15, 0.2) is 11.5 Å². The molecule has 2 rings (SSSR count). The lowest BCUT2D eigenvalue weighted by Crippen LogP contribution is -2.23. The van der Waals surface area contributed by atoms with Gasteiger partial charge in [0.1, 0.15) is 6.34 Å². The average molecular weight is 418 g/mol. The number of rotatable bonds is 6. The number of ether oxygens (including phenoxy) is 3. The fourth-order valence-electron chi connectivity index (χ4n) is 1.90. The second-order valence-electron chi connectivity index (χ2n) is 4.32. The maximum Gasteiger partial charge on any atom is 0.231 e. The Kier molecular flexibility index (Phi) is 5.16. The zero-order valence-electron chi connectivity index (χ0n) is 12.3. The summed E-state index contributed by atoms with van der Waals surface area (Å²) in [6, 6.07) is 3.30. The second kappa shape index (κ2) is 6.90. The van der Waals surface area contributed by atoms with Crippen molar-refractivity contribution in [3.63, 3.8) is 0 Å². The molecule has 9 heteroatoms. The van der Waals surface area contributed by atoms with Gasteiger partial charge in [0, 0.05) is 17.8 Å². The fraction of sp³-hybridized carbons (Fsp3) is 0.385. The third-order valence-corrected chi connectivity index (χ3v) is 3.73. The molecule has 0 aromatic heterocycles. The molecule has 0 saturated heterocycles. The van der Waals surface area contributed by atoms with E-state index in [1.807, 2.05) is 22.6 Å². The maximum absolute atomic E-state index is 12.1. The highest BCUT2D eigenvalue weighted by atomic mass is 127. The van der Waals surface area contributed by atoms with Crippen molar-refractivity contribution in [2.75, 3.05) is 26.6 Å². The van der Waals surface area contributed by atoms with Crippen molar-refractivity contribution in [1.82, 2.24) is 0 Å². The number of anilines is 1. The number of methoxy groups -OCH3 is 3. The molecule has 0 radical (unpaired) electrons. The van der Waals surface area contributed by atoms with Gasteiger partial charge >= 0.3 is 0 Å². The van der Waals surface area contributed by atoms with Crippen LogP contribution in [0.1, 0.15) is 6.42 Å². The minimum Gasteiger partial charge on any atom is -0.493 e. The van der Waals surface area contributed by atoms with Crippen molar-refractivity contribution in [2.45, 2.75) is 10.1 Å². The number of nitrogens with zero attached hydrogens (tertiary/aromatic N) is 3. The molecule has 1 unspecified atom stereocenters. The third-order valence-electron chi connectivity index (χ3n) is 2.85. The summed E-state index contributed by atoms with van der Waals surface area (Å²) >= 11 is 1.97. The zero-order chi connectivity index (χ0) is 16.2. The number of alkyl halides is 1. The standard InChI is InChI=1S/C13H15IN4O4/c1-20-9-4-8(5-10(21-2)12(9)22-3)17-11(19)6-13(14)15-7-16-18-13/h4-5,7H,6H2,1-3H3,(H,17,19). The SMILES string of the molecule is COc1cc(NC(=O)CC2(I)N=CN=N2)cc(OC)c1OC.